The van der Waals surface area contributed by atoms with Crippen molar-refractivity contribution in [3.63, 3.8) is 0 Å². The molecule has 8 heteroatoms. The highest BCUT2D eigenvalue weighted by molar-refractivity contribution is 7.89. The molecule has 1 aromatic carbocycles. The lowest BCUT2D eigenvalue weighted by Gasteiger charge is -2.39. The minimum Gasteiger partial charge on any atom is -0.463 e. The number of carbonyl (C=O) groups excluding carboxylic acids is 1. The van der Waals surface area contributed by atoms with E-state index in [0.29, 0.717) is 4.31 Å². The number of benzene rings is 1. The minimum atomic E-state index is -4.26. The first-order valence-electron chi connectivity index (χ1n) is 6.72. The topological polar surface area (TPSA) is 83.9 Å². The van der Waals surface area contributed by atoms with Crippen molar-refractivity contribution in [3.05, 3.63) is 29.6 Å². The number of esters is 1. The highest BCUT2D eigenvalue weighted by atomic mass is 32.2. The zero-order chi connectivity index (χ0) is 16.9. The molecule has 0 aliphatic carbocycles. The molecule has 0 saturated heterocycles. The fraction of sp³-hybridized carbons (Fsp3) is 0.500. The summed E-state index contributed by atoms with van der Waals surface area (Å²) in [6.07, 6.45) is 0. The Labute approximate surface area is 128 Å². The van der Waals surface area contributed by atoms with E-state index in [-0.39, 0.29) is 12.2 Å². The number of nitrogens with zero attached hydrogens (tertiary/aromatic N) is 1. The van der Waals surface area contributed by atoms with Gasteiger partial charge in [-0.25, -0.2) is 17.6 Å². The third kappa shape index (κ3) is 2.22. The van der Waals surface area contributed by atoms with Crippen molar-refractivity contribution >= 4 is 16.0 Å². The van der Waals surface area contributed by atoms with Crippen molar-refractivity contribution in [2.24, 2.45) is 0 Å². The van der Waals surface area contributed by atoms with E-state index < -0.39 is 38.0 Å². The van der Waals surface area contributed by atoms with E-state index in [2.05, 4.69) is 0 Å². The number of rotatable bonds is 2. The minimum absolute atomic E-state index is 0.0320. The molecule has 1 unspecified atom stereocenters. The predicted octanol–water partition coefficient (Wildman–Crippen LogP) is 1.34. The summed E-state index contributed by atoms with van der Waals surface area (Å²) in [5.74, 6) is -1.89. The quantitative estimate of drug-likeness (QED) is 0.827. The van der Waals surface area contributed by atoms with E-state index >= 15 is 0 Å². The summed E-state index contributed by atoms with van der Waals surface area (Å²) in [6.45, 7) is 6.08. The van der Waals surface area contributed by atoms with Crippen LogP contribution in [0.25, 0.3) is 0 Å². The molecule has 1 N–H and O–H groups in total. The molecule has 0 aromatic heterocycles. The van der Waals surface area contributed by atoms with Gasteiger partial charge in [0.25, 0.3) is 5.72 Å². The van der Waals surface area contributed by atoms with E-state index in [0.717, 1.165) is 18.2 Å². The summed E-state index contributed by atoms with van der Waals surface area (Å²) in [5.41, 5.74) is -3.85. The summed E-state index contributed by atoms with van der Waals surface area (Å²) in [6, 6.07) is 2.87. The van der Waals surface area contributed by atoms with Crippen molar-refractivity contribution in [3.8, 4) is 0 Å². The van der Waals surface area contributed by atoms with Crippen LogP contribution in [0.2, 0.25) is 0 Å². The Bertz CT molecular complexity index is 725. The van der Waals surface area contributed by atoms with Gasteiger partial charge in [0.2, 0.25) is 10.0 Å². The molecular formula is C14H18FNO5S. The van der Waals surface area contributed by atoms with Crippen LogP contribution in [0.5, 0.6) is 0 Å². The second kappa shape index (κ2) is 5.00. The maximum Gasteiger partial charge on any atom is 0.360 e. The first kappa shape index (κ1) is 16.9. The molecule has 6 nitrogen and oxygen atoms in total. The van der Waals surface area contributed by atoms with E-state index in [9.17, 15) is 22.7 Å². The summed E-state index contributed by atoms with van der Waals surface area (Å²) in [4.78, 5) is 11.9. The van der Waals surface area contributed by atoms with Crippen molar-refractivity contribution in [1.82, 2.24) is 4.31 Å². The average molecular weight is 331 g/mol. The van der Waals surface area contributed by atoms with Gasteiger partial charge in [0.05, 0.1) is 11.5 Å². The lowest BCUT2D eigenvalue weighted by Crippen LogP contribution is -2.58. The summed E-state index contributed by atoms with van der Waals surface area (Å²) in [5, 5.41) is 10.9. The molecule has 0 saturated carbocycles. The Balaban J connectivity index is 2.83. The Hall–Kier alpha value is -1.51. The zero-order valence-electron chi connectivity index (χ0n) is 12.8. The fourth-order valence-corrected chi connectivity index (χ4v) is 4.84. The van der Waals surface area contributed by atoms with Gasteiger partial charge in [0.15, 0.2) is 0 Å². The average Bonchev–Trinajstić information content (AvgIpc) is 2.54. The molecule has 1 aromatic rings. The standard InChI is InChI=1S/C14H18FNO5S/c1-5-21-12(17)14(18)10-7-6-9(15)8-11(10)22(19,20)16(14)13(2,3)4/h6-8,18H,5H2,1-4H3. The van der Waals surface area contributed by atoms with Crippen molar-refractivity contribution in [2.75, 3.05) is 6.61 Å². The first-order chi connectivity index (χ1) is 9.97. The van der Waals surface area contributed by atoms with Crippen LogP contribution >= 0.6 is 0 Å². The van der Waals surface area contributed by atoms with Crippen LogP contribution in [0.3, 0.4) is 0 Å². The maximum absolute atomic E-state index is 13.4. The largest absolute Gasteiger partial charge is 0.463 e. The molecule has 1 heterocycles. The number of halogens is 1. The Morgan fingerprint density at radius 3 is 2.50 bits per heavy atom. The Kier molecular flexibility index (Phi) is 3.83. The number of hydrogen-bond acceptors (Lipinski definition) is 5. The van der Waals surface area contributed by atoms with Crippen molar-refractivity contribution in [1.29, 1.82) is 0 Å². The van der Waals surface area contributed by atoms with Crippen molar-refractivity contribution in [2.45, 2.75) is 43.9 Å². The highest BCUT2D eigenvalue weighted by Crippen LogP contribution is 2.47. The van der Waals surface area contributed by atoms with Gasteiger partial charge in [-0.1, -0.05) is 0 Å². The summed E-state index contributed by atoms with van der Waals surface area (Å²) < 4.78 is 44.4. The van der Waals surface area contributed by atoms with Gasteiger partial charge in [0.1, 0.15) is 5.82 Å². The van der Waals surface area contributed by atoms with Crippen LogP contribution in [0.4, 0.5) is 4.39 Å². The molecule has 22 heavy (non-hydrogen) atoms. The third-order valence-electron chi connectivity index (χ3n) is 3.30. The monoisotopic (exact) mass is 331 g/mol. The van der Waals surface area contributed by atoms with Crippen LogP contribution < -0.4 is 0 Å². The van der Waals surface area contributed by atoms with Gasteiger partial charge in [-0.15, -0.1) is 4.31 Å². The number of aliphatic hydroxyl groups is 1. The normalized spacial score (nSPS) is 24.1. The smallest absolute Gasteiger partial charge is 0.360 e. The van der Waals surface area contributed by atoms with Crippen LogP contribution in [0, 0.1) is 5.82 Å². The van der Waals surface area contributed by atoms with Gasteiger partial charge in [0, 0.05) is 11.1 Å². The zero-order valence-corrected chi connectivity index (χ0v) is 13.6. The Morgan fingerprint density at radius 2 is 2.00 bits per heavy atom. The van der Waals surface area contributed by atoms with E-state index in [1.807, 2.05) is 0 Å². The molecular weight excluding hydrogens is 313 g/mol. The lowest BCUT2D eigenvalue weighted by molar-refractivity contribution is -0.187. The summed E-state index contributed by atoms with van der Waals surface area (Å²) in [7, 11) is -4.26. The summed E-state index contributed by atoms with van der Waals surface area (Å²) >= 11 is 0. The Morgan fingerprint density at radius 1 is 1.41 bits per heavy atom. The molecule has 1 aliphatic heterocycles. The van der Waals surface area contributed by atoms with E-state index in [4.69, 9.17) is 4.74 Å². The van der Waals surface area contributed by atoms with Gasteiger partial charge in [-0.2, -0.15) is 0 Å². The second-order valence-corrected chi connectivity index (χ2v) is 7.73. The van der Waals surface area contributed by atoms with Crippen molar-refractivity contribution < 1.29 is 27.4 Å². The van der Waals surface area contributed by atoms with Gasteiger partial charge in [-0.05, 0) is 45.9 Å². The number of hydrogen-bond donors (Lipinski definition) is 1. The van der Waals surface area contributed by atoms with Crippen LogP contribution in [0.1, 0.15) is 33.3 Å². The second-order valence-electron chi connectivity index (χ2n) is 5.97. The SMILES string of the molecule is CCOC(=O)C1(O)c2ccc(F)cc2S(=O)(=O)N1C(C)(C)C. The molecule has 0 spiro atoms. The molecule has 1 aliphatic rings. The number of fused-ring (bicyclic) bond motifs is 1. The molecule has 0 bridgehead atoms. The molecule has 2 rings (SSSR count). The molecule has 122 valence electrons. The maximum atomic E-state index is 13.4. The molecule has 0 radical (unpaired) electrons. The number of carbonyl (C=O) groups is 1. The van der Waals surface area contributed by atoms with E-state index in [1.165, 1.54) is 27.7 Å². The molecule has 0 amide bonds. The number of sulfonamides is 1. The fourth-order valence-electron chi connectivity index (χ4n) is 2.65. The molecule has 1 atom stereocenters. The van der Waals surface area contributed by atoms with Gasteiger partial charge in [-0.3, -0.25) is 0 Å². The third-order valence-corrected chi connectivity index (χ3v) is 5.49. The first-order valence-corrected chi connectivity index (χ1v) is 8.16. The van der Waals surface area contributed by atoms with Gasteiger partial charge >= 0.3 is 5.97 Å². The van der Waals surface area contributed by atoms with Crippen LogP contribution in [-0.4, -0.2) is 35.9 Å². The van der Waals surface area contributed by atoms with Crippen LogP contribution in [0.15, 0.2) is 23.1 Å². The van der Waals surface area contributed by atoms with Crippen LogP contribution in [-0.2, 0) is 25.3 Å². The highest BCUT2D eigenvalue weighted by Gasteiger charge is 2.62. The van der Waals surface area contributed by atoms with E-state index in [1.54, 1.807) is 0 Å². The predicted molar refractivity (Wildman–Crippen MR) is 75.7 cm³/mol. The lowest BCUT2D eigenvalue weighted by atomic mass is 9.98. The van der Waals surface area contributed by atoms with Gasteiger partial charge < -0.3 is 9.84 Å². The molecule has 0 fully saturated rings. The number of ether oxygens (including phenoxy) is 1.